The number of nitrogens with zero attached hydrogens (tertiary/aromatic N) is 2. The van der Waals surface area contributed by atoms with Gasteiger partial charge in [-0.1, -0.05) is 36.4 Å². The van der Waals surface area contributed by atoms with Crippen LogP contribution in [0.4, 0.5) is 5.69 Å². The molecule has 4 rings (SSSR count). The van der Waals surface area contributed by atoms with E-state index in [0.717, 1.165) is 31.3 Å². The molecule has 0 spiro atoms. The average Bonchev–Trinajstić information content (AvgIpc) is 3.71. The van der Waals surface area contributed by atoms with E-state index in [-0.39, 0.29) is 40.8 Å². The highest BCUT2D eigenvalue weighted by Gasteiger charge is 2.39. The van der Waals surface area contributed by atoms with E-state index in [0.29, 0.717) is 5.70 Å². The number of methoxy groups -OCH3 is 1. The summed E-state index contributed by atoms with van der Waals surface area (Å²) in [5.41, 5.74) is 2.03. The summed E-state index contributed by atoms with van der Waals surface area (Å²) in [7, 11) is 1.15. The zero-order chi connectivity index (χ0) is 25.8. The Hall–Kier alpha value is -4.49. The van der Waals surface area contributed by atoms with Crippen LogP contribution in [0.25, 0.3) is 0 Å². The number of carbonyl (C=O) groups is 2. The van der Waals surface area contributed by atoms with Crippen LogP contribution >= 0.6 is 0 Å². The zero-order valence-corrected chi connectivity index (χ0v) is 19.6. The van der Waals surface area contributed by atoms with Crippen molar-refractivity contribution in [1.82, 2.24) is 5.32 Å². The number of ether oxygens (including phenoxy) is 3. The first-order chi connectivity index (χ1) is 17.3. The van der Waals surface area contributed by atoms with Crippen LogP contribution in [0.5, 0.6) is 0 Å². The third-order valence-corrected chi connectivity index (χ3v) is 5.97. The summed E-state index contributed by atoms with van der Waals surface area (Å²) in [6, 6.07) is 15.1. The van der Waals surface area contributed by atoms with Gasteiger partial charge in [-0.15, -0.1) is 0 Å². The van der Waals surface area contributed by atoms with E-state index in [2.05, 4.69) is 5.32 Å². The molecule has 10 nitrogen and oxygen atoms in total. The number of hydrogen-bond donors (Lipinski definition) is 1. The summed E-state index contributed by atoms with van der Waals surface area (Å²) >= 11 is 0. The number of hydrogen-bond acceptors (Lipinski definition) is 9. The van der Waals surface area contributed by atoms with E-state index in [1.54, 1.807) is 13.0 Å². The van der Waals surface area contributed by atoms with Crippen molar-refractivity contribution in [1.29, 1.82) is 5.26 Å². The predicted octanol–water partition coefficient (Wildman–Crippen LogP) is 3.19. The van der Waals surface area contributed by atoms with Gasteiger partial charge in [0.1, 0.15) is 18.4 Å². The Bertz CT molecular complexity index is 1320. The minimum atomic E-state index is -1.11. The van der Waals surface area contributed by atoms with E-state index in [4.69, 9.17) is 14.2 Å². The number of nitro groups is 1. The molecule has 2 aromatic carbocycles. The van der Waals surface area contributed by atoms with Gasteiger partial charge in [-0.05, 0) is 23.6 Å². The summed E-state index contributed by atoms with van der Waals surface area (Å²) in [5, 5.41) is 23.8. The van der Waals surface area contributed by atoms with E-state index < -0.39 is 22.8 Å². The van der Waals surface area contributed by atoms with Crippen molar-refractivity contribution in [3.63, 3.8) is 0 Å². The fraction of sp³-hybridized carbons (Fsp3) is 0.269. The van der Waals surface area contributed by atoms with Gasteiger partial charge in [0.05, 0.1) is 41.8 Å². The highest BCUT2D eigenvalue weighted by Crippen LogP contribution is 2.40. The highest BCUT2D eigenvalue weighted by molar-refractivity contribution is 6.00. The van der Waals surface area contributed by atoms with Crippen LogP contribution in [-0.2, 0) is 36.8 Å². The van der Waals surface area contributed by atoms with Crippen molar-refractivity contribution in [3.05, 3.63) is 97.9 Å². The van der Waals surface area contributed by atoms with Crippen molar-refractivity contribution in [3.8, 4) is 6.07 Å². The molecule has 0 aliphatic carbocycles. The Morgan fingerprint density at radius 3 is 2.47 bits per heavy atom. The number of allylic oxidation sites excluding steroid dienone is 2. The molecule has 1 fully saturated rings. The minimum absolute atomic E-state index is 0.0279. The smallest absolute Gasteiger partial charge is 0.337 e. The Labute approximate surface area is 206 Å². The normalized spacial score (nSPS) is 18.7. The molecule has 0 bridgehead atoms. The molecular weight excluding hydrogens is 466 g/mol. The van der Waals surface area contributed by atoms with Gasteiger partial charge in [0.25, 0.3) is 5.69 Å². The first kappa shape index (κ1) is 24.6. The molecule has 0 saturated carbocycles. The van der Waals surface area contributed by atoms with Gasteiger partial charge < -0.3 is 19.5 Å². The Kier molecular flexibility index (Phi) is 7.12. The molecule has 0 aromatic heterocycles. The maximum absolute atomic E-state index is 13.3. The molecule has 2 atom stereocenters. The molecule has 1 N–H and O–H groups in total. The Morgan fingerprint density at radius 2 is 1.86 bits per heavy atom. The maximum Gasteiger partial charge on any atom is 0.337 e. The molecule has 2 aromatic rings. The molecule has 0 amide bonds. The maximum atomic E-state index is 13.3. The SMILES string of the molecule is COC(=O)C1=C(C#N)NC(C)=C(C(=O)OCc2ccc(CC3CO3)cc2)C1c1cccc([N+](=O)[O-])c1. The fourth-order valence-corrected chi connectivity index (χ4v) is 4.11. The molecule has 1 saturated heterocycles. The Morgan fingerprint density at radius 1 is 1.17 bits per heavy atom. The number of rotatable bonds is 8. The summed E-state index contributed by atoms with van der Waals surface area (Å²) in [6.07, 6.45) is 1.09. The van der Waals surface area contributed by atoms with Crippen molar-refractivity contribution in [2.45, 2.75) is 32.0 Å². The van der Waals surface area contributed by atoms with Crippen LogP contribution < -0.4 is 5.32 Å². The van der Waals surface area contributed by atoms with Gasteiger partial charge in [0, 0.05) is 24.3 Å². The van der Waals surface area contributed by atoms with Crippen LogP contribution in [0, 0.1) is 21.4 Å². The molecule has 184 valence electrons. The number of non-ortho nitro benzene ring substituents is 1. The lowest BCUT2D eigenvalue weighted by atomic mass is 9.80. The Balaban J connectivity index is 1.65. The number of nitro benzene ring substituents is 1. The third kappa shape index (κ3) is 5.26. The lowest BCUT2D eigenvalue weighted by molar-refractivity contribution is -0.384. The van der Waals surface area contributed by atoms with Crippen molar-refractivity contribution >= 4 is 17.6 Å². The average molecular weight is 489 g/mol. The molecule has 2 heterocycles. The molecule has 36 heavy (non-hydrogen) atoms. The van der Waals surface area contributed by atoms with Gasteiger partial charge in [0.15, 0.2) is 0 Å². The molecule has 2 unspecified atom stereocenters. The van der Waals surface area contributed by atoms with E-state index in [1.165, 1.54) is 18.2 Å². The second-order valence-corrected chi connectivity index (χ2v) is 8.39. The number of nitriles is 1. The fourth-order valence-electron chi connectivity index (χ4n) is 4.11. The molecule has 0 radical (unpaired) electrons. The number of esters is 2. The lowest BCUT2D eigenvalue weighted by Gasteiger charge is -2.29. The van der Waals surface area contributed by atoms with Gasteiger partial charge in [-0.3, -0.25) is 10.1 Å². The standard InChI is InChI=1S/C26H23N3O7/c1-15-22(26(31)36-13-17-8-6-16(7-9-17)10-20-14-35-20)23(18-4-3-5-19(11-18)29(32)33)24(25(30)34-2)21(12-27)28-15/h3-9,11,20,23,28H,10,13-14H2,1-2H3. The summed E-state index contributed by atoms with van der Waals surface area (Å²) < 4.78 is 15.7. The van der Waals surface area contributed by atoms with Crippen LogP contribution in [-0.4, -0.2) is 36.7 Å². The summed E-state index contributed by atoms with van der Waals surface area (Å²) in [4.78, 5) is 36.8. The second kappa shape index (κ2) is 10.4. The predicted molar refractivity (Wildman–Crippen MR) is 126 cm³/mol. The van der Waals surface area contributed by atoms with Gasteiger partial charge >= 0.3 is 11.9 Å². The lowest BCUT2D eigenvalue weighted by Crippen LogP contribution is -2.32. The number of benzene rings is 2. The summed E-state index contributed by atoms with van der Waals surface area (Å²) in [5.74, 6) is -2.68. The van der Waals surface area contributed by atoms with E-state index in [1.807, 2.05) is 30.3 Å². The molecule has 2 aliphatic heterocycles. The number of epoxide rings is 1. The molecular formula is C26H23N3O7. The van der Waals surface area contributed by atoms with Gasteiger partial charge in [0.2, 0.25) is 0 Å². The first-order valence-corrected chi connectivity index (χ1v) is 11.1. The zero-order valence-electron chi connectivity index (χ0n) is 19.6. The first-order valence-electron chi connectivity index (χ1n) is 11.1. The number of dihydropyridines is 1. The second-order valence-electron chi connectivity index (χ2n) is 8.39. The minimum Gasteiger partial charge on any atom is -0.466 e. The largest absolute Gasteiger partial charge is 0.466 e. The van der Waals surface area contributed by atoms with Crippen LogP contribution in [0.1, 0.15) is 29.5 Å². The van der Waals surface area contributed by atoms with E-state index in [9.17, 15) is 25.0 Å². The topological polar surface area (TPSA) is 144 Å². The van der Waals surface area contributed by atoms with Crippen LogP contribution in [0.3, 0.4) is 0 Å². The van der Waals surface area contributed by atoms with E-state index >= 15 is 0 Å². The van der Waals surface area contributed by atoms with Gasteiger partial charge in [-0.2, -0.15) is 5.26 Å². The van der Waals surface area contributed by atoms with Crippen molar-refractivity contribution in [2.75, 3.05) is 13.7 Å². The van der Waals surface area contributed by atoms with Gasteiger partial charge in [-0.25, -0.2) is 9.59 Å². The highest BCUT2D eigenvalue weighted by atomic mass is 16.6. The summed E-state index contributed by atoms with van der Waals surface area (Å²) in [6.45, 7) is 2.31. The van der Waals surface area contributed by atoms with Crippen LogP contribution in [0.15, 0.2) is 71.1 Å². The molecule has 2 aliphatic rings. The van der Waals surface area contributed by atoms with Crippen molar-refractivity contribution in [2.24, 2.45) is 0 Å². The number of nitrogens with one attached hydrogen (secondary N) is 1. The molecule has 10 heteroatoms. The monoisotopic (exact) mass is 489 g/mol. The quantitative estimate of drug-likeness (QED) is 0.256. The number of carbonyl (C=O) groups excluding carboxylic acids is 2. The van der Waals surface area contributed by atoms with Crippen molar-refractivity contribution < 1.29 is 28.7 Å². The third-order valence-electron chi connectivity index (χ3n) is 5.97. The van der Waals surface area contributed by atoms with Crippen LogP contribution in [0.2, 0.25) is 0 Å².